The van der Waals surface area contributed by atoms with Gasteiger partial charge in [0.15, 0.2) is 0 Å². The molecule has 3 heteroatoms. The van der Waals surface area contributed by atoms with E-state index in [2.05, 4.69) is 25.1 Å². The molecule has 1 aliphatic heterocycles. The Kier molecular flexibility index (Phi) is 4.23. The predicted octanol–water partition coefficient (Wildman–Crippen LogP) is 4.04. The zero-order valence-electron chi connectivity index (χ0n) is 12.8. The number of carbonyl (C=O) groups excluding carboxylic acids is 1. The summed E-state index contributed by atoms with van der Waals surface area (Å²) in [5.41, 5.74) is 3.29. The van der Waals surface area contributed by atoms with Crippen molar-refractivity contribution in [1.82, 2.24) is 4.90 Å². The van der Waals surface area contributed by atoms with E-state index in [1.807, 2.05) is 11.0 Å². The van der Waals surface area contributed by atoms with Gasteiger partial charge in [-0.05, 0) is 43.0 Å². The third kappa shape index (κ3) is 3.19. The van der Waals surface area contributed by atoms with Gasteiger partial charge in [-0.2, -0.15) is 0 Å². The average Bonchev–Trinajstić information content (AvgIpc) is 2.99. The molecule has 114 valence electrons. The van der Waals surface area contributed by atoms with Crippen molar-refractivity contribution in [2.75, 3.05) is 6.54 Å². The highest BCUT2D eigenvalue weighted by Crippen LogP contribution is 2.32. The monoisotopic (exact) mass is 297 g/mol. The van der Waals surface area contributed by atoms with Crippen LogP contribution in [0.1, 0.15) is 35.6 Å². The van der Waals surface area contributed by atoms with Crippen molar-refractivity contribution < 1.29 is 9.18 Å². The van der Waals surface area contributed by atoms with Crippen LogP contribution < -0.4 is 0 Å². The molecular weight excluding hydrogens is 277 g/mol. The van der Waals surface area contributed by atoms with Crippen LogP contribution in [0.2, 0.25) is 0 Å². The van der Waals surface area contributed by atoms with E-state index >= 15 is 0 Å². The number of benzene rings is 2. The molecule has 22 heavy (non-hydrogen) atoms. The first kappa shape index (κ1) is 14.8. The van der Waals surface area contributed by atoms with Gasteiger partial charge in [-0.25, -0.2) is 4.39 Å². The minimum Gasteiger partial charge on any atom is -0.335 e. The summed E-state index contributed by atoms with van der Waals surface area (Å²) < 4.78 is 13.0. The summed E-state index contributed by atoms with van der Waals surface area (Å²) in [4.78, 5) is 14.6. The van der Waals surface area contributed by atoms with E-state index in [0.29, 0.717) is 6.42 Å². The Labute approximate surface area is 130 Å². The molecular formula is C19H20FNO. The molecule has 0 aliphatic carbocycles. The van der Waals surface area contributed by atoms with Crippen LogP contribution in [0.15, 0.2) is 48.5 Å². The molecule has 0 bridgehead atoms. The first-order valence-corrected chi connectivity index (χ1v) is 7.74. The molecule has 0 spiro atoms. The first-order valence-electron chi connectivity index (χ1n) is 7.74. The van der Waals surface area contributed by atoms with E-state index in [9.17, 15) is 9.18 Å². The fourth-order valence-electron chi connectivity index (χ4n) is 3.17. The topological polar surface area (TPSA) is 20.3 Å². The molecule has 1 amide bonds. The van der Waals surface area contributed by atoms with E-state index < -0.39 is 0 Å². The standard InChI is InChI=1S/C19H20FNO/c1-14-4-2-5-16(12-14)18-6-3-11-21(18)19(22)13-15-7-9-17(20)10-8-15/h2,4-5,7-10,12,18H,3,6,11,13H2,1H3/t18-/m0/s1. The highest BCUT2D eigenvalue weighted by molar-refractivity contribution is 5.79. The van der Waals surface area contributed by atoms with E-state index in [4.69, 9.17) is 0 Å². The summed E-state index contributed by atoms with van der Waals surface area (Å²) in [5, 5.41) is 0. The lowest BCUT2D eigenvalue weighted by Gasteiger charge is -2.25. The van der Waals surface area contributed by atoms with Crippen molar-refractivity contribution >= 4 is 5.91 Å². The number of likely N-dealkylation sites (tertiary alicyclic amines) is 1. The summed E-state index contributed by atoms with van der Waals surface area (Å²) >= 11 is 0. The van der Waals surface area contributed by atoms with Crippen molar-refractivity contribution in [2.24, 2.45) is 0 Å². The lowest BCUT2D eigenvalue weighted by molar-refractivity contribution is -0.131. The minimum absolute atomic E-state index is 0.121. The Morgan fingerprint density at radius 3 is 2.73 bits per heavy atom. The second-order valence-electron chi connectivity index (χ2n) is 5.96. The maximum atomic E-state index is 13.0. The zero-order valence-corrected chi connectivity index (χ0v) is 12.8. The van der Waals surface area contributed by atoms with Crippen molar-refractivity contribution in [1.29, 1.82) is 0 Å². The quantitative estimate of drug-likeness (QED) is 0.837. The van der Waals surface area contributed by atoms with Crippen LogP contribution in [0.5, 0.6) is 0 Å². The molecule has 2 aromatic carbocycles. The summed E-state index contributed by atoms with van der Waals surface area (Å²) in [6, 6.07) is 14.7. The number of aryl methyl sites for hydroxylation is 1. The molecule has 2 aromatic rings. The second kappa shape index (κ2) is 6.30. The third-order valence-corrected chi connectivity index (χ3v) is 4.27. The summed E-state index contributed by atoms with van der Waals surface area (Å²) in [6.07, 6.45) is 2.38. The van der Waals surface area contributed by atoms with Crippen molar-refractivity contribution in [3.63, 3.8) is 0 Å². The van der Waals surface area contributed by atoms with E-state index in [1.54, 1.807) is 12.1 Å². The van der Waals surface area contributed by atoms with Crippen molar-refractivity contribution in [2.45, 2.75) is 32.2 Å². The molecule has 0 radical (unpaired) electrons. The van der Waals surface area contributed by atoms with Gasteiger partial charge in [0.05, 0.1) is 12.5 Å². The fourth-order valence-corrected chi connectivity index (χ4v) is 3.17. The summed E-state index contributed by atoms with van der Waals surface area (Å²) in [6.45, 7) is 2.88. The lowest BCUT2D eigenvalue weighted by atomic mass is 10.0. The Balaban J connectivity index is 1.75. The van der Waals surface area contributed by atoms with Crippen molar-refractivity contribution in [3.8, 4) is 0 Å². The number of rotatable bonds is 3. The maximum absolute atomic E-state index is 13.0. The maximum Gasteiger partial charge on any atom is 0.227 e. The molecule has 0 saturated carbocycles. The predicted molar refractivity (Wildman–Crippen MR) is 85.0 cm³/mol. The van der Waals surface area contributed by atoms with Gasteiger partial charge in [0, 0.05) is 6.54 Å². The molecule has 0 N–H and O–H groups in total. The number of amides is 1. The minimum atomic E-state index is -0.269. The van der Waals surface area contributed by atoms with Crippen molar-refractivity contribution in [3.05, 3.63) is 71.0 Å². The number of hydrogen-bond donors (Lipinski definition) is 0. The van der Waals surface area contributed by atoms with Crippen LogP contribution >= 0.6 is 0 Å². The summed E-state index contributed by atoms with van der Waals surface area (Å²) in [5.74, 6) is -0.148. The van der Waals surface area contributed by atoms with Gasteiger partial charge in [0.25, 0.3) is 0 Å². The largest absolute Gasteiger partial charge is 0.335 e. The van der Waals surface area contributed by atoms with Gasteiger partial charge in [0.2, 0.25) is 5.91 Å². The van der Waals surface area contributed by atoms with Crippen LogP contribution in [-0.2, 0) is 11.2 Å². The van der Waals surface area contributed by atoms with Gasteiger partial charge in [-0.3, -0.25) is 4.79 Å². The van der Waals surface area contributed by atoms with Gasteiger partial charge in [-0.1, -0.05) is 42.0 Å². The smallest absolute Gasteiger partial charge is 0.227 e. The van der Waals surface area contributed by atoms with Gasteiger partial charge < -0.3 is 4.90 Å². The Morgan fingerprint density at radius 2 is 2.00 bits per heavy atom. The molecule has 0 aromatic heterocycles. The highest BCUT2D eigenvalue weighted by atomic mass is 19.1. The normalized spacial score (nSPS) is 17.7. The molecule has 1 fully saturated rings. The van der Waals surface area contributed by atoms with Crippen LogP contribution in [0, 0.1) is 12.7 Å². The molecule has 1 saturated heterocycles. The second-order valence-corrected chi connectivity index (χ2v) is 5.96. The number of halogens is 1. The average molecular weight is 297 g/mol. The molecule has 1 heterocycles. The molecule has 0 unspecified atom stereocenters. The SMILES string of the molecule is Cc1cccc([C@@H]2CCCN2C(=O)Cc2ccc(F)cc2)c1. The van der Waals surface area contributed by atoms with Crippen LogP contribution in [0.4, 0.5) is 4.39 Å². The highest BCUT2D eigenvalue weighted by Gasteiger charge is 2.29. The van der Waals surface area contributed by atoms with Gasteiger partial charge in [-0.15, -0.1) is 0 Å². The van der Waals surface area contributed by atoms with Gasteiger partial charge >= 0.3 is 0 Å². The van der Waals surface area contributed by atoms with E-state index in [-0.39, 0.29) is 17.8 Å². The van der Waals surface area contributed by atoms with E-state index in [0.717, 1.165) is 24.9 Å². The summed E-state index contributed by atoms with van der Waals surface area (Å²) in [7, 11) is 0. The lowest BCUT2D eigenvalue weighted by Crippen LogP contribution is -2.31. The zero-order chi connectivity index (χ0) is 15.5. The number of nitrogens with zero attached hydrogens (tertiary/aromatic N) is 1. The van der Waals surface area contributed by atoms with Crippen LogP contribution in [-0.4, -0.2) is 17.4 Å². The third-order valence-electron chi connectivity index (χ3n) is 4.27. The Bertz CT molecular complexity index is 665. The molecule has 1 atom stereocenters. The fraction of sp³-hybridized carbons (Fsp3) is 0.316. The first-order chi connectivity index (χ1) is 10.6. The van der Waals surface area contributed by atoms with Crippen LogP contribution in [0.25, 0.3) is 0 Å². The molecule has 1 aliphatic rings. The molecule has 2 nitrogen and oxygen atoms in total. The number of carbonyl (C=O) groups is 1. The Morgan fingerprint density at radius 1 is 1.23 bits per heavy atom. The Hall–Kier alpha value is -2.16. The number of hydrogen-bond acceptors (Lipinski definition) is 1. The van der Waals surface area contributed by atoms with E-state index in [1.165, 1.54) is 23.3 Å². The van der Waals surface area contributed by atoms with Gasteiger partial charge in [0.1, 0.15) is 5.82 Å². The molecule has 3 rings (SSSR count). The van der Waals surface area contributed by atoms with Crippen LogP contribution in [0.3, 0.4) is 0 Å².